The van der Waals surface area contributed by atoms with E-state index >= 15 is 0 Å². The van der Waals surface area contributed by atoms with E-state index in [1.165, 1.54) is 12.3 Å². The van der Waals surface area contributed by atoms with E-state index in [2.05, 4.69) is 10.3 Å². The molecule has 0 bridgehead atoms. The van der Waals surface area contributed by atoms with Gasteiger partial charge in [0.05, 0.1) is 0 Å². The van der Waals surface area contributed by atoms with Gasteiger partial charge in [0, 0.05) is 24.4 Å². The second-order valence-electron chi connectivity index (χ2n) is 5.55. The molecule has 0 fully saturated rings. The van der Waals surface area contributed by atoms with Crippen molar-refractivity contribution in [3.63, 3.8) is 0 Å². The molecule has 1 aromatic heterocycles. The lowest BCUT2D eigenvalue weighted by molar-refractivity contribution is -0.131. The fourth-order valence-corrected chi connectivity index (χ4v) is 1.89. The first-order valence-electron chi connectivity index (χ1n) is 7.41. The predicted molar refractivity (Wildman–Crippen MR) is 83.4 cm³/mol. The fourth-order valence-electron chi connectivity index (χ4n) is 1.89. The molecule has 0 aliphatic rings. The van der Waals surface area contributed by atoms with E-state index in [1.54, 1.807) is 26.0 Å². The second kappa shape index (κ2) is 7.83. The predicted octanol–water partition coefficient (Wildman–Crippen LogP) is 2.79. The maximum absolute atomic E-state index is 13.2. The van der Waals surface area contributed by atoms with Crippen LogP contribution in [0.4, 0.5) is 8.78 Å². The van der Waals surface area contributed by atoms with Gasteiger partial charge in [0.25, 0.3) is 0 Å². The summed E-state index contributed by atoms with van der Waals surface area (Å²) in [7, 11) is 0. The van der Waals surface area contributed by atoms with Crippen molar-refractivity contribution in [2.24, 2.45) is 5.92 Å². The Morgan fingerprint density at radius 3 is 2.71 bits per heavy atom. The topological polar surface area (TPSA) is 71.5 Å². The highest BCUT2D eigenvalue weighted by atomic mass is 19.2. The van der Waals surface area contributed by atoms with Gasteiger partial charge in [-0.15, -0.1) is 0 Å². The van der Waals surface area contributed by atoms with Crippen molar-refractivity contribution >= 4 is 5.91 Å². The third-order valence-corrected chi connectivity index (χ3v) is 3.31. The molecule has 0 radical (unpaired) electrons. The number of amides is 1. The SMILES string of the molecule is CC(C)[C@@H](O)C(=O)NCc1cccnc1Oc1ccc(F)c(F)c1. The van der Waals surface area contributed by atoms with Crippen LogP contribution in [0, 0.1) is 17.6 Å². The summed E-state index contributed by atoms with van der Waals surface area (Å²) in [6, 6.07) is 6.46. The molecular formula is C17H18F2N2O3. The highest BCUT2D eigenvalue weighted by Gasteiger charge is 2.19. The van der Waals surface area contributed by atoms with E-state index in [-0.39, 0.29) is 24.1 Å². The van der Waals surface area contributed by atoms with Crippen molar-refractivity contribution in [1.82, 2.24) is 10.3 Å². The van der Waals surface area contributed by atoms with Gasteiger partial charge in [-0.25, -0.2) is 13.8 Å². The summed E-state index contributed by atoms with van der Waals surface area (Å²) < 4.78 is 31.6. The average Bonchev–Trinajstić information content (AvgIpc) is 2.56. The number of hydrogen-bond acceptors (Lipinski definition) is 4. The maximum Gasteiger partial charge on any atom is 0.249 e. The molecule has 1 aromatic carbocycles. The van der Waals surface area contributed by atoms with Crippen molar-refractivity contribution in [1.29, 1.82) is 0 Å². The molecule has 2 rings (SSSR count). The molecule has 1 atom stereocenters. The summed E-state index contributed by atoms with van der Waals surface area (Å²) in [5, 5.41) is 12.3. The van der Waals surface area contributed by atoms with Gasteiger partial charge in [0.2, 0.25) is 11.8 Å². The zero-order valence-corrected chi connectivity index (χ0v) is 13.3. The number of nitrogens with zero attached hydrogens (tertiary/aromatic N) is 1. The van der Waals surface area contributed by atoms with Crippen LogP contribution in [0.25, 0.3) is 0 Å². The van der Waals surface area contributed by atoms with E-state index in [9.17, 15) is 18.7 Å². The van der Waals surface area contributed by atoms with E-state index in [0.29, 0.717) is 5.56 Å². The summed E-state index contributed by atoms with van der Waals surface area (Å²) in [6.45, 7) is 3.54. The number of hydrogen-bond donors (Lipinski definition) is 2. The van der Waals surface area contributed by atoms with Crippen LogP contribution in [0.15, 0.2) is 36.5 Å². The molecule has 24 heavy (non-hydrogen) atoms. The van der Waals surface area contributed by atoms with Crippen LogP contribution in [0.2, 0.25) is 0 Å². The number of ether oxygens (including phenoxy) is 1. The van der Waals surface area contributed by atoms with Crippen molar-refractivity contribution in [3.05, 3.63) is 53.7 Å². The Kier molecular flexibility index (Phi) is 5.81. The number of benzene rings is 1. The minimum Gasteiger partial charge on any atom is -0.439 e. The molecule has 0 saturated heterocycles. The van der Waals surface area contributed by atoms with Crippen molar-refractivity contribution in [2.45, 2.75) is 26.5 Å². The number of aromatic nitrogens is 1. The largest absolute Gasteiger partial charge is 0.439 e. The van der Waals surface area contributed by atoms with Crippen LogP contribution in [-0.4, -0.2) is 22.1 Å². The molecule has 7 heteroatoms. The third-order valence-electron chi connectivity index (χ3n) is 3.31. The molecule has 0 saturated carbocycles. The number of rotatable bonds is 6. The van der Waals surface area contributed by atoms with Gasteiger partial charge in [-0.2, -0.15) is 0 Å². The minimum atomic E-state index is -1.11. The van der Waals surface area contributed by atoms with Crippen LogP contribution in [0.1, 0.15) is 19.4 Å². The number of carbonyl (C=O) groups is 1. The van der Waals surface area contributed by atoms with Crippen LogP contribution in [0.3, 0.4) is 0 Å². The lowest BCUT2D eigenvalue weighted by Crippen LogP contribution is -2.37. The third kappa shape index (κ3) is 4.48. The number of aliphatic hydroxyl groups is 1. The average molecular weight is 336 g/mol. The Morgan fingerprint density at radius 1 is 1.29 bits per heavy atom. The van der Waals surface area contributed by atoms with Crippen LogP contribution in [-0.2, 0) is 11.3 Å². The van der Waals surface area contributed by atoms with Gasteiger partial charge in [-0.1, -0.05) is 19.9 Å². The Hall–Kier alpha value is -2.54. The lowest BCUT2D eigenvalue weighted by atomic mass is 10.1. The smallest absolute Gasteiger partial charge is 0.249 e. The lowest BCUT2D eigenvalue weighted by Gasteiger charge is -2.15. The minimum absolute atomic E-state index is 0.0788. The molecule has 2 aromatic rings. The maximum atomic E-state index is 13.2. The van der Waals surface area contributed by atoms with Crippen molar-refractivity contribution in [2.75, 3.05) is 0 Å². The Bertz CT molecular complexity index is 723. The highest BCUT2D eigenvalue weighted by Crippen LogP contribution is 2.24. The van der Waals surface area contributed by atoms with Crippen LogP contribution < -0.4 is 10.1 Å². The first-order valence-corrected chi connectivity index (χ1v) is 7.41. The fraction of sp³-hybridized carbons (Fsp3) is 0.294. The van der Waals surface area contributed by atoms with Gasteiger partial charge in [-0.3, -0.25) is 4.79 Å². The molecule has 2 N–H and O–H groups in total. The summed E-state index contributed by atoms with van der Waals surface area (Å²) in [5.74, 6) is -2.48. The van der Waals surface area contributed by atoms with Gasteiger partial charge in [-0.05, 0) is 24.1 Å². The number of nitrogens with one attached hydrogen (secondary N) is 1. The van der Waals surface area contributed by atoms with Gasteiger partial charge < -0.3 is 15.2 Å². The quantitative estimate of drug-likeness (QED) is 0.851. The van der Waals surface area contributed by atoms with Gasteiger partial charge in [0.1, 0.15) is 11.9 Å². The van der Waals surface area contributed by atoms with E-state index in [1.807, 2.05) is 0 Å². The molecule has 1 heterocycles. The first kappa shape index (κ1) is 17.8. The number of pyridine rings is 1. The Balaban J connectivity index is 2.10. The Labute approximate surface area is 138 Å². The number of carbonyl (C=O) groups excluding carboxylic acids is 1. The van der Waals surface area contributed by atoms with Crippen molar-refractivity contribution in [3.8, 4) is 11.6 Å². The monoisotopic (exact) mass is 336 g/mol. The van der Waals surface area contributed by atoms with Crippen LogP contribution >= 0.6 is 0 Å². The summed E-state index contributed by atoms with van der Waals surface area (Å²) >= 11 is 0. The number of aliphatic hydroxyl groups excluding tert-OH is 1. The zero-order valence-electron chi connectivity index (χ0n) is 13.3. The molecule has 1 amide bonds. The summed E-state index contributed by atoms with van der Waals surface area (Å²) in [5.41, 5.74) is 0.534. The zero-order chi connectivity index (χ0) is 17.7. The Morgan fingerprint density at radius 2 is 2.04 bits per heavy atom. The highest BCUT2D eigenvalue weighted by molar-refractivity contribution is 5.80. The van der Waals surface area contributed by atoms with E-state index < -0.39 is 23.6 Å². The molecule has 0 aliphatic carbocycles. The molecule has 128 valence electrons. The summed E-state index contributed by atoms with van der Waals surface area (Å²) in [4.78, 5) is 15.8. The second-order valence-corrected chi connectivity index (χ2v) is 5.55. The van der Waals surface area contributed by atoms with Crippen molar-refractivity contribution < 1.29 is 23.4 Å². The van der Waals surface area contributed by atoms with Crippen LogP contribution in [0.5, 0.6) is 11.6 Å². The first-order chi connectivity index (χ1) is 11.4. The number of halogens is 2. The van der Waals surface area contributed by atoms with Gasteiger partial charge in [0.15, 0.2) is 11.6 Å². The molecule has 0 spiro atoms. The summed E-state index contributed by atoms with van der Waals surface area (Å²) in [6.07, 6.45) is 0.362. The molecule has 0 unspecified atom stereocenters. The molecule has 0 aliphatic heterocycles. The standard InChI is InChI=1S/C17H18F2N2O3/c1-10(2)15(22)16(23)21-9-11-4-3-7-20-17(11)24-12-5-6-13(18)14(19)8-12/h3-8,10,15,22H,9H2,1-2H3,(H,21,23)/t15-/m1/s1. The van der Waals surface area contributed by atoms with E-state index in [0.717, 1.165) is 12.1 Å². The molecular weight excluding hydrogens is 318 g/mol. The van der Waals surface area contributed by atoms with Gasteiger partial charge >= 0.3 is 0 Å². The molecule has 5 nitrogen and oxygen atoms in total. The van der Waals surface area contributed by atoms with E-state index in [4.69, 9.17) is 4.74 Å². The normalized spacial score (nSPS) is 12.1.